The molecule has 0 saturated carbocycles. The molecule has 38 heavy (non-hydrogen) atoms. The Morgan fingerprint density at radius 3 is 1.58 bits per heavy atom. The van der Waals surface area contributed by atoms with E-state index in [0.29, 0.717) is 6.61 Å². The third kappa shape index (κ3) is 70.6. The molecule has 0 spiro atoms. The maximum atomic E-state index is 11.3. The van der Waals surface area contributed by atoms with E-state index in [1.54, 1.807) is 19.9 Å². The molecule has 6 heteroatoms. The maximum Gasteiger partial charge on any atom is 1.00 e. The summed E-state index contributed by atoms with van der Waals surface area (Å²) in [6.45, 7) is 43.1. The van der Waals surface area contributed by atoms with Gasteiger partial charge in [-0.25, -0.2) is 0 Å². The van der Waals surface area contributed by atoms with Crippen LogP contribution < -0.4 is 58.2 Å². The summed E-state index contributed by atoms with van der Waals surface area (Å²) in [6, 6.07) is 0. The van der Waals surface area contributed by atoms with Crippen LogP contribution in [-0.2, 0) is 9.53 Å². The first-order valence-electron chi connectivity index (χ1n) is 13.2. The fraction of sp³-hybridized carbons (Fsp3) is 0.656. The van der Waals surface area contributed by atoms with E-state index in [9.17, 15) is 4.39 Å². The third-order valence-electron chi connectivity index (χ3n) is 2.72. The molecule has 0 radical (unpaired) electrons. The monoisotopic (exact) mass is 615 g/mol. The van der Waals surface area contributed by atoms with Crippen molar-refractivity contribution in [1.29, 1.82) is 0 Å². The maximum absolute atomic E-state index is 11.3. The van der Waals surface area contributed by atoms with Crippen molar-refractivity contribution in [1.82, 2.24) is 4.90 Å². The van der Waals surface area contributed by atoms with Gasteiger partial charge < -0.3 is 33.4 Å². The molecule has 1 rings (SSSR count). The van der Waals surface area contributed by atoms with Gasteiger partial charge in [-0.2, -0.15) is 13.3 Å². The van der Waals surface area contributed by atoms with Crippen molar-refractivity contribution in [3.05, 3.63) is 63.2 Å². The van der Waals surface area contributed by atoms with Crippen LogP contribution in [-0.4, -0.2) is 40.4 Å². The van der Waals surface area contributed by atoms with E-state index < -0.39 is 12.0 Å². The Morgan fingerprint density at radius 2 is 1.50 bits per heavy atom. The number of aliphatic hydroxyl groups is 1. The molecule has 1 aliphatic heterocycles. The molecular formula is C32H65FNO3Rb-2. The van der Waals surface area contributed by atoms with Gasteiger partial charge in [0.1, 0.15) is 0 Å². The Balaban J connectivity index is -0.0000000490. The Morgan fingerprint density at radius 1 is 1.21 bits per heavy atom. The van der Waals surface area contributed by atoms with Crippen molar-refractivity contribution in [2.24, 2.45) is 5.92 Å². The van der Waals surface area contributed by atoms with E-state index >= 15 is 0 Å². The van der Waals surface area contributed by atoms with Gasteiger partial charge in [-0.3, -0.25) is 10.7 Å². The summed E-state index contributed by atoms with van der Waals surface area (Å²) >= 11 is 0. The number of hydrogen-bond acceptors (Lipinski definition) is 4. The van der Waals surface area contributed by atoms with Crippen molar-refractivity contribution in [3.8, 4) is 0 Å². The number of ether oxygens (including phenoxy) is 1. The van der Waals surface area contributed by atoms with E-state index in [0.717, 1.165) is 5.92 Å². The Labute approximate surface area is 289 Å². The fourth-order valence-corrected chi connectivity index (χ4v) is 1.71. The number of nitrogens with zero attached hydrogens (tertiary/aromatic N) is 1. The molecule has 1 heterocycles. The molecule has 1 aliphatic rings. The predicted molar refractivity (Wildman–Crippen MR) is 168 cm³/mol. The molecule has 226 valence electrons. The van der Waals surface area contributed by atoms with Crippen LogP contribution >= 0.6 is 0 Å². The molecule has 0 aromatic heterocycles. The third-order valence-corrected chi connectivity index (χ3v) is 2.72. The van der Waals surface area contributed by atoms with Gasteiger partial charge in [-0.15, -0.1) is 6.58 Å². The molecule has 0 aromatic rings. The molecule has 1 N–H and O–H groups in total. The Kier molecular flexibility index (Phi) is 67.2. The van der Waals surface area contributed by atoms with Gasteiger partial charge in [-0.1, -0.05) is 78.9 Å². The largest absolute Gasteiger partial charge is 1.00 e. The van der Waals surface area contributed by atoms with Gasteiger partial charge in [0.25, 0.3) is 0 Å². The molecule has 0 amide bonds. The second kappa shape index (κ2) is 44.1. The van der Waals surface area contributed by atoms with E-state index in [1.807, 2.05) is 53.9 Å². The van der Waals surface area contributed by atoms with Crippen LogP contribution in [0.4, 0.5) is 4.39 Å². The summed E-state index contributed by atoms with van der Waals surface area (Å²) in [5.41, 5.74) is 1.42. The average Bonchev–Trinajstić information content (AvgIpc) is 2.76. The van der Waals surface area contributed by atoms with E-state index in [4.69, 9.17) is 14.6 Å². The van der Waals surface area contributed by atoms with Crippen LogP contribution in [0.2, 0.25) is 0 Å². The van der Waals surface area contributed by atoms with Gasteiger partial charge in [0.05, 0.1) is 5.54 Å². The number of allylic oxidation sites excluding steroid dienone is 2. The van der Waals surface area contributed by atoms with Crippen molar-refractivity contribution < 1.29 is 77.2 Å². The fourth-order valence-electron chi connectivity index (χ4n) is 1.71. The second-order valence-corrected chi connectivity index (χ2v) is 8.46. The van der Waals surface area contributed by atoms with E-state index in [-0.39, 0.29) is 70.1 Å². The smallest absolute Gasteiger partial charge is 0.542 e. The number of rotatable bonds is 5. The van der Waals surface area contributed by atoms with Gasteiger partial charge in [0.15, 0.2) is 5.79 Å². The molecule has 0 aliphatic carbocycles. The molecule has 2 atom stereocenters. The van der Waals surface area contributed by atoms with E-state index in [1.165, 1.54) is 18.8 Å². The van der Waals surface area contributed by atoms with Crippen molar-refractivity contribution in [2.45, 2.75) is 128 Å². The molecule has 0 bridgehead atoms. The molecule has 0 fully saturated rings. The van der Waals surface area contributed by atoms with Gasteiger partial charge in [0, 0.05) is 12.8 Å². The zero-order chi connectivity index (χ0) is 31.7. The van der Waals surface area contributed by atoms with Crippen molar-refractivity contribution in [3.63, 3.8) is 0 Å². The summed E-state index contributed by atoms with van der Waals surface area (Å²) in [7, 11) is 0. The zero-order valence-corrected chi connectivity index (χ0v) is 33.3. The van der Waals surface area contributed by atoms with Crippen molar-refractivity contribution in [2.75, 3.05) is 6.61 Å². The standard InChI is InChI=1S/C10H15N.C5H12O2.C4H7F.C4H10.C3H6.C2H3O.2C2H6.Rb/c1-5-11-7-6-10(11,4)8-9(2)3;1-4-7-5(2,3)6;1-3-4(2)5;1-4(2)3;1-3-2;1-2-3;2*1-2;/h5-8H,1H2,2-4H3;6H,4H2,1-3H3;4H,1-3H2;4H,1-3H3;3H,1H2,2H3;1H3;2*1-2H3;/q;;-2;;;-1;;;+1/t;;4-;;;;;;/m..0....../s1. The average molecular weight is 616 g/mol. The van der Waals surface area contributed by atoms with Crippen LogP contribution in [0.3, 0.4) is 0 Å². The zero-order valence-electron chi connectivity index (χ0n) is 28.4. The summed E-state index contributed by atoms with van der Waals surface area (Å²) in [4.78, 5) is 10.8. The first-order chi connectivity index (χ1) is 17.0. The summed E-state index contributed by atoms with van der Waals surface area (Å²) in [6.07, 6.45) is 10.8. The Bertz CT molecular complexity index is 501. The van der Waals surface area contributed by atoms with Gasteiger partial charge >= 0.3 is 58.2 Å². The molecule has 1 unspecified atom stereocenters. The summed E-state index contributed by atoms with van der Waals surface area (Å²) < 4.78 is 16.0. The molecule has 4 nitrogen and oxygen atoms in total. The number of hydrogen-bond donors (Lipinski definition) is 1. The molecule has 0 saturated heterocycles. The van der Waals surface area contributed by atoms with Crippen LogP contribution in [0.5, 0.6) is 0 Å². The SMILES string of the molecule is C=CC.C=CN1C=CC1(C)C=C(C)C.CC.CC.CC(C)C.CCOC(C)(C)O.C[C-]=O.[CH2-]C[C@H]([CH2-])F.[Rb+]. The Hall–Kier alpha value is 0.0852. The van der Waals surface area contributed by atoms with Crippen LogP contribution in [0.15, 0.2) is 49.4 Å². The summed E-state index contributed by atoms with van der Waals surface area (Å²) in [5.74, 6) is -0.116. The number of halogens is 1. The summed E-state index contributed by atoms with van der Waals surface area (Å²) in [5, 5.41) is 8.80. The topological polar surface area (TPSA) is 49.8 Å². The number of alkyl halides is 1. The van der Waals surface area contributed by atoms with E-state index in [2.05, 4.69) is 85.6 Å². The van der Waals surface area contributed by atoms with Crippen molar-refractivity contribution >= 4 is 6.29 Å². The predicted octanol–water partition coefficient (Wildman–Crippen LogP) is 6.85. The van der Waals surface area contributed by atoms with Crippen LogP contribution in [0.25, 0.3) is 0 Å². The minimum absolute atomic E-state index is 0. The first kappa shape index (κ1) is 57.9. The molecule has 0 aromatic carbocycles. The molecular weight excluding hydrogens is 551 g/mol. The normalized spacial score (nSPS) is 14.2. The van der Waals surface area contributed by atoms with Crippen LogP contribution in [0, 0.1) is 19.8 Å². The van der Waals surface area contributed by atoms with Crippen LogP contribution in [0.1, 0.15) is 110 Å². The minimum Gasteiger partial charge on any atom is -0.542 e. The quantitative estimate of drug-likeness (QED) is 0.209. The minimum atomic E-state index is -0.977. The first-order valence-corrected chi connectivity index (χ1v) is 13.2. The number of carbonyl (C=O) groups excluding carboxylic acids is 1. The van der Waals surface area contributed by atoms with Gasteiger partial charge in [-0.05, 0) is 66.7 Å². The second-order valence-electron chi connectivity index (χ2n) is 8.46. The van der Waals surface area contributed by atoms with Gasteiger partial charge in [0.2, 0.25) is 0 Å².